The van der Waals surface area contributed by atoms with Crippen molar-refractivity contribution < 1.29 is 8.78 Å². The lowest BCUT2D eigenvalue weighted by atomic mass is 10.1. The normalized spacial score (nSPS) is 11.0. The van der Waals surface area contributed by atoms with Gasteiger partial charge in [0.15, 0.2) is 11.6 Å². The number of hydrogen-bond acceptors (Lipinski definition) is 1. The smallest absolute Gasteiger partial charge is 0.151 e. The zero-order valence-corrected chi connectivity index (χ0v) is 9.32. The van der Waals surface area contributed by atoms with Crippen LogP contribution in [-0.2, 0) is 0 Å². The molecule has 86 valence electrons. The fourth-order valence-electron chi connectivity index (χ4n) is 1.44. The second-order valence-corrected chi connectivity index (χ2v) is 3.76. The molecule has 2 rings (SSSR count). The summed E-state index contributed by atoms with van der Waals surface area (Å²) >= 11 is 0. The maximum atomic E-state index is 13.3. The molecule has 0 saturated heterocycles. The van der Waals surface area contributed by atoms with Crippen molar-refractivity contribution in [2.24, 2.45) is 0 Å². The summed E-state index contributed by atoms with van der Waals surface area (Å²) in [7, 11) is 0. The van der Waals surface area contributed by atoms with E-state index in [1.54, 1.807) is 6.08 Å². The Kier molecular flexibility index (Phi) is 3.28. The minimum absolute atomic E-state index is 0.0689. The molecule has 0 aliphatic heterocycles. The van der Waals surface area contributed by atoms with Gasteiger partial charge in [0.1, 0.15) is 0 Å². The van der Waals surface area contributed by atoms with Crippen molar-refractivity contribution in [1.29, 1.82) is 0 Å². The van der Waals surface area contributed by atoms with Crippen LogP contribution in [0.4, 0.5) is 8.78 Å². The molecule has 0 fully saturated rings. The summed E-state index contributed by atoms with van der Waals surface area (Å²) in [6.45, 7) is 1.98. The summed E-state index contributed by atoms with van der Waals surface area (Å²) in [4.78, 5) is 3.43. The second kappa shape index (κ2) is 4.87. The highest BCUT2D eigenvalue weighted by Crippen LogP contribution is 2.14. The summed E-state index contributed by atoms with van der Waals surface area (Å²) in [5, 5.41) is 0. The molecule has 1 nitrogen and oxygen atoms in total. The Bertz CT molecular complexity index is 524. The highest BCUT2D eigenvalue weighted by atomic mass is 19.1. The highest BCUT2D eigenvalue weighted by Gasteiger charge is 2.04. The molecule has 2 aromatic rings. The average Bonchev–Trinajstić information content (AvgIpc) is 2.31. The Morgan fingerprint density at radius 3 is 2.12 bits per heavy atom. The van der Waals surface area contributed by atoms with Gasteiger partial charge in [-0.2, -0.15) is 0 Å². The lowest BCUT2D eigenvalue weighted by Crippen LogP contribution is -1.89. The van der Waals surface area contributed by atoms with Crippen LogP contribution >= 0.6 is 0 Å². The van der Waals surface area contributed by atoms with E-state index in [2.05, 4.69) is 4.98 Å². The number of halogens is 2. The van der Waals surface area contributed by atoms with E-state index in [0.29, 0.717) is 0 Å². The van der Waals surface area contributed by atoms with Gasteiger partial charge in [0.25, 0.3) is 0 Å². The third-order valence-electron chi connectivity index (χ3n) is 2.41. The maximum Gasteiger partial charge on any atom is 0.151 e. The predicted molar refractivity (Wildman–Crippen MR) is 64.3 cm³/mol. The maximum absolute atomic E-state index is 13.3. The van der Waals surface area contributed by atoms with Gasteiger partial charge in [-0.1, -0.05) is 35.9 Å². The Labute approximate surface area is 98.4 Å². The zero-order chi connectivity index (χ0) is 12.3. The summed E-state index contributed by atoms with van der Waals surface area (Å²) in [6, 6.07) is 7.67. The highest BCUT2D eigenvalue weighted by molar-refractivity contribution is 5.69. The molecule has 0 bridgehead atoms. The van der Waals surface area contributed by atoms with Gasteiger partial charge in [0, 0.05) is 5.56 Å². The molecule has 0 saturated carbocycles. The van der Waals surface area contributed by atoms with Crippen LogP contribution in [0.25, 0.3) is 12.2 Å². The van der Waals surface area contributed by atoms with Gasteiger partial charge in [-0.05, 0) is 18.6 Å². The predicted octanol–water partition coefficient (Wildman–Crippen LogP) is 3.84. The van der Waals surface area contributed by atoms with E-state index < -0.39 is 11.6 Å². The standard InChI is InChI=1S/C14H11F2N/c1-10-2-4-11(5-3-10)6-7-12-13(15)8-17-9-14(12)16/h2-9H,1H3. The van der Waals surface area contributed by atoms with E-state index in [9.17, 15) is 8.78 Å². The first-order valence-corrected chi connectivity index (χ1v) is 5.20. The quantitative estimate of drug-likeness (QED) is 0.765. The van der Waals surface area contributed by atoms with E-state index in [1.165, 1.54) is 6.08 Å². The van der Waals surface area contributed by atoms with E-state index in [0.717, 1.165) is 23.5 Å². The first-order chi connectivity index (χ1) is 8.16. The van der Waals surface area contributed by atoms with Gasteiger partial charge in [-0.3, -0.25) is 4.98 Å². The Hall–Kier alpha value is -2.03. The molecular weight excluding hydrogens is 220 g/mol. The van der Waals surface area contributed by atoms with Gasteiger partial charge >= 0.3 is 0 Å². The van der Waals surface area contributed by atoms with Crippen LogP contribution in [0.1, 0.15) is 16.7 Å². The fraction of sp³-hybridized carbons (Fsp3) is 0.0714. The molecule has 1 aromatic carbocycles. The van der Waals surface area contributed by atoms with Crippen LogP contribution in [0.5, 0.6) is 0 Å². The average molecular weight is 231 g/mol. The summed E-state index contributed by atoms with van der Waals surface area (Å²) < 4.78 is 26.5. The number of hydrogen-bond donors (Lipinski definition) is 0. The van der Waals surface area contributed by atoms with Gasteiger partial charge in [0.2, 0.25) is 0 Å². The van der Waals surface area contributed by atoms with Crippen molar-refractivity contribution in [2.45, 2.75) is 6.92 Å². The Balaban J connectivity index is 2.29. The third-order valence-corrected chi connectivity index (χ3v) is 2.41. The second-order valence-electron chi connectivity index (χ2n) is 3.76. The molecular formula is C14H11F2N. The lowest BCUT2D eigenvalue weighted by molar-refractivity contribution is 0.568. The molecule has 0 atom stereocenters. The molecule has 3 heteroatoms. The first kappa shape index (κ1) is 11.5. The van der Waals surface area contributed by atoms with Crippen molar-refractivity contribution in [1.82, 2.24) is 4.98 Å². The molecule has 1 heterocycles. The van der Waals surface area contributed by atoms with E-state index in [4.69, 9.17) is 0 Å². The van der Waals surface area contributed by atoms with E-state index in [1.807, 2.05) is 31.2 Å². The molecule has 0 unspecified atom stereocenters. The zero-order valence-electron chi connectivity index (χ0n) is 9.32. The number of aromatic nitrogens is 1. The number of nitrogens with zero attached hydrogens (tertiary/aromatic N) is 1. The number of pyridine rings is 1. The van der Waals surface area contributed by atoms with Crippen LogP contribution in [0.2, 0.25) is 0 Å². The number of benzene rings is 1. The van der Waals surface area contributed by atoms with Crippen molar-refractivity contribution in [3.05, 3.63) is 65.0 Å². The van der Waals surface area contributed by atoms with Crippen molar-refractivity contribution in [3.8, 4) is 0 Å². The Morgan fingerprint density at radius 1 is 0.941 bits per heavy atom. The summed E-state index contributed by atoms with van der Waals surface area (Å²) in [5.74, 6) is -1.32. The molecule has 1 aromatic heterocycles. The van der Waals surface area contributed by atoms with Crippen LogP contribution < -0.4 is 0 Å². The van der Waals surface area contributed by atoms with E-state index >= 15 is 0 Å². The number of rotatable bonds is 2. The minimum Gasteiger partial charge on any atom is -0.259 e. The van der Waals surface area contributed by atoms with Crippen LogP contribution in [-0.4, -0.2) is 4.98 Å². The summed E-state index contributed by atoms with van der Waals surface area (Å²) in [6.07, 6.45) is 5.08. The molecule has 0 spiro atoms. The Morgan fingerprint density at radius 2 is 1.53 bits per heavy atom. The van der Waals surface area contributed by atoms with Crippen LogP contribution in [0, 0.1) is 18.6 Å². The molecule has 0 amide bonds. The van der Waals surface area contributed by atoms with Gasteiger partial charge in [0.05, 0.1) is 12.4 Å². The largest absolute Gasteiger partial charge is 0.259 e. The first-order valence-electron chi connectivity index (χ1n) is 5.20. The van der Waals surface area contributed by atoms with Crippen LogP contribution in [0.3, 0.4) is 0 Å². The SMILES string of the molecule is Cc1ccc(C=Cc2c(F)cncc2F)cc1. The van der Waals surface area contributed by atoms with Crippen molar-refractivity contribution in [2.75, 3.05) is 0 Å². The molecule has 17 heavy (non-hydrogen) atoms. The van der Waals surface area contributed by atoms with Crippen molar-refractivity contribution >= 4 is 12.2 Å². The molecule has 0 N–H and O–H groups in total. The fourth-order valence-corrected chi connectivity index (χ4v) is 1.44. The lowest BCUT2D eigenvalue weighted by Gasteiger charge is -1.98. The molecule has 0 aliphatic carbocycles. The van der Waals surface area contributed by atoms with Gasteiger partial charge in [-0.15, -0.1) is 0 Å². The van der Waals surface area contributed by atoms with E-state index in [-0.39, 0.29) is 5.56 Å². The molecule has 0 radical (unpaired) electrons. The topological polar surface area (TPSA) is 12.9 Å². The number of aryl methyl sites for hydroxylation is 1. The molecule has 0 aliphatic rings. The van der Waals surface area contributed by atoms with Crippen LogP contribution in [0.15, 0.2) is 36.7 Å². The van der Waals surface area contributed by atoms with Gasteiger partial charge < -0.3 is 0 Å². The van der Waals surface area contributed by atoms with Gasteiger partial charge in [-0.25, -0.2) is 8.78 Å². The monoisotopic (exact) mass is 231 g/mol. The van der Waals surface area contributed by atoms with Crippen molar-refractivity contribution in [3.63, 3.8) is 0 Å². The third kappa shape index (κ3) is 2.75. The minimum atomic E-state index is -0.659. The summed E-state index contributed by atoms with van der Waals surface area (Å²) in [5.41, 5.74) is 1.97.